The fraction of sp³-hybridized carbons (Fsp3) is 1.00. The Hall–Kier alpha value is 0.210. The molecule has 0 spiro atoms. The Kier molecular flexibility index (Phi) is 3.16. The summed E-state index contributed by atoms with van der Waals surface area (Å²) in [6.45, 7) is 2.39. The van der Waals surface area contributed by atoms with E-state index < -0.39 is 0 Å². The third kappa shape index (κ3) is 1.68. The van der Waals surface area contributed by atoms with Gasteiger partial charge in [0.2, 0.25) is 0 Å². The summed E-state index contributed by atoms with van der Waals surface area (Å²) in [6.07, 6.45) is 4.00. The first kappa shape index (κ1) is 9.30. The Morgan fingerprint density at radius 3 is 2.73 bits per heavy atom. The van der Waals surface area contributed by atoms with Gasteiger partial charge in [0.15, 0.2) is 0 Å². The summed E-state index contributed by atoms with van der Waals surface area (Å²) in [5.41, 5.74) is 5.95. The number of hydrogen-bond donors (Lipinski definition) is 2. The first-order valence-corrected chi connectivity index (χ1v) is 4.34. The van der Waals surface area contributed by atoms with Crippen molar-refractivity contribution >= 4 is 12.4 Å². The van der Waals surface area contributed by atoms with Crippen LogP contribution in [0.15, 0.2) is 0 Å². The van der Waals surface area contributed by atoms with Crippen molar-refractivity contribution < 1.29 is 0 Å². The third-order valence-corrected chi connectivity index (χ3v) is 3.10. The van der Waals surface area contributed by atoms with Gasteiger partial charge in [0.25, 0.3) is 0 Å². The topological polar surface area (TPSA) is 38.0 Å². The first-order chi connectivity index (χ1) is 4.88. The SMILES string of the molecule is Cl.N[C@H]1CC[C@H]2CCNC[C@H]21. The molecule has 0 aromatic rings. The summed E-state index contributed by atoms with van der Waals surface area (Å²) in [7, 11) is 0. The van der Waals surface area contributed by atoms with Crippen molar-refractivity contribution in [2.75, 3.05) is 13.1 Å². The summed E-state index contributed by atoms with van der Waals surface area (Å²) < 4.78 is 0. The van der Waals surface area contributed by atoms with Crippen molar-refractivity contribution in [2.24, 2.45) is 17.6 Å². The Bertz CT molecular complexity index is 127. The molecule has 2 fully saturated rings. The van der Waals surface area contributed by atoms with E-state index in [0.29, 0.717) is 6.04 Å². The minimum Gasteiger partial charge on any atom is -0.327 e. The molecule has 66 valence electrons. The molecule has 1 saturated carbocycles. The van der Waals surface area contributed by atoms with Crippen LogP contribution in [0.5, 0.6) is 0 Å². The molecule has 1 saturated heterocycles. The quantitative estimate of drug-likeness (QED) is 0.572. The van der Waals surface area contributed by atoms with Gasteiger partial charge in [-0.3, -0.25) is 0 Å². The second-order valence-electron chi connectivity index (χ2n) is 3.66. The summed E-state index contributed by atoms with van der Waals surface area (Å²) in [5.74, 6) is 1.75. The molecule has 11 heavy (non-hydrogen) atoms. The predicted molar refractivity (Wildman–Crippen MR) is 48.9 cm³/mol. The fourth-order valence-corrected chi connectivity index (χ4v) is 2.42. The third-order valence-electron chi connectivity index (χ3n) is 3.10. The van der Waals surface area contributed by atoms with E-state index in [0.717, 1.165) is 11.8 Å². The number of nitrogens with one attached hydrogen (secondary N) is 1. The first-order valence-electron chi connectivity index (χ1n) is 4.34. The van der Waals surface area contributed by atoms with Crippen LogP contribution in [0, 0.1) is 11.8 Å². The molecule has 3 N–H and O–H groups in total. The molecular formula is C8H17ClN2. The van der Waals surface area contributed by atoms with Gasteiger partial charge in [-0.2, -0.15) is 0 Å². The lowest BCUT2D eigenvalue weighted by Gasteiger charge is -2.28. The van der Waals surface area contributed by atoms with Crippen LogP contribution in [0.3, 0.4) is 0 Å². The van der Waals surface area contributed by atoms with Crippen molar-refractivity contribution in [2.45, 2.75) is 25.3 Å². The molecule has 3 heteroatoms. The molecule has 1 heterocycles. The molecule has 0 aromatic heterocycles. The average molecular weight is 177 g/mol. The summed E-state index contributed by atoms with van der Waals surface area (Å²) in [6, 6.07) is 0.498. The molecule has 3 atom stereocenters. The van der Waals surface area contributed by atoms with Gasteiger partial charge >= 0.3 is 0 Å². The molecule has 0 aromatic carbocycles. The number of rotatable bonds is 0. The molecule has 0 bridgehead atoms. The lowest BCUT2D eigenvalue weighted by molar-refractivity contribution is 0.278. The van der Waals surface area contributed by atoms with Crippen LogP contribution >= 0.6 is 12.4 Å². The maximum absolute atomic E-state index is 5.95. The molecule has 2 rings (SSSR count). The van der Waals surface area contributed by atoms with E-state index in [-0.39, 0.29) is 12.4 Å². The average Bonchev–Trinajstić information content (AvgIpc) is 2.34. The van der Waals surface area contributed by atoms with Crippen LogP contribution in [0.1, 0.15) is 19.3 Å². The number of piperidine rings is 1. The zero-order valence-corrected chi connectivity index (χ0v) is 7.57. The van der Waals surface area contributed by atoms with E-state index >= 15 is 0 Å². The van der Waals surface area contributed by atoms with Gasteiger partial charge in [0, 0.05) is 6.04 Å². The number of hydrogen-bond acceptors (Lipinski definition) is 2. The fourth-order valence-electron chi connectivity index (χ4n) is 2.42. The van der Waals surface area contributed by atoms with Crippen molar-refractivity contribution in [1.82, 2.24) is 5.32 Å². The maximum Gasteiger partial charge on any atom is 0.00820 e. The highest BCUT2D eigenvalue weighted by molar-refractivity contribution is 5.85. The van der Waals surface area contributed by atoms with Crippen LogP contribution < -0.4 is 11.1 Å². The monoisotopic (exact) mass is 176 g/mol. The minimum atomic E-state index is 0. The lowest BCUT2D eigenvalue weighted by atomic mass is 9.88. The van der Waals surface area contributed by atoms with Gasteiger partial charge in [0.05, 0.1) is 0 Å². The van der Waals surface area contributed by atoms with E-state index in [2.05, 4.69) is 5.32 Å². The van der Waals surface area contributed by atoms with Crippen LogP contribution in [0.4, 0.5) is 0 Å². The van der Waals surface area contributed by atoms with Crippen LogP contribution in [0.2, 0.25) is 0 Å². The Morgan fingerprint density at radius 2 is 2.00 bits per heavy atom. The summed E-state index contributed by atoms with van der Waals surface area (Å²) >= 11 is 0. The van der Waals surface area contributed by atoms with Gasteiger partial charge in [-0.05, 0) is 44.2 Å². The van der Waals surface area contributed by atoms with Crippen molar-refractivity contribution in [3.8, 4) is 0 Å². The van der Waals surface area contributed by atoms with Crippen molar-refractivity contribution in [3.05, 3.63) is 0 Å². The summed E-state index contributed by atoms with van der Waals surface area (Å²) in [5, 5.41) is 3.41. The highest BCUT2D eigenvalue weighted by Gasteiger charge is 2.34. The highest BCUT2D eigenvalue weighted by atomic mass is 35.5. The molecule has 1 aliphatic heterocycles. The molecule has 1 aliphatic carbocycles. The molecular weight excluding hydrogens is 160 g/mol. The predicted octanol–water partition coefficient (Wildman–Crippen LogP) is 0.755. The second kappa shape index (κ2) is 3.74. The lowest BCUT2D eigenvalue weighted by Crippen LogP contribution is -2.41. The molecule has 0 unspecified atom stereocenters. The molecule has 0 radical (unpaired) electrons. The van der Waals surface area contributed by atoms with E-state index in [1.807, 2.05) is 0 Å². The normalized spacial score (nSPS) is 42.8. The zero-order valence-electron chi connectivity index (χ0n) is 6.75. The van der Waals surface area contributed by atoms with E-state index in [1.54, 1.807) is 0 Å². The van der Waals surface area contributed by atoms with E-state index in [4.69, 9.17) is 5.73 Å². The van der Waals surface area contributed by atoms with Crippen LogP contribution in [-0.4, -0.2) is 19.1 Å². The van der Waals surface area contributed by atoms with Crippen LogP contribution in [0.25, 0.3) is 0 Å². The van der Waals surface area contributed by atoms with E-state index in [9.17, 15) is 0 Å². The standard InChI is InChI=1S/C8H16N2.ClH/c9-8-2-1-6-3-4-10-5-7(6)8;/h6-8,10H,1-5,9H2;1H/t6-,7+,8-;/m0./s1. The molecule has 2 nitrogen and oxygen atoms in total. The minimum absolute atomic E-state index is 0. The van der Waals surface area contributed by atoms with Crippen molar-refractivity contribution in [3.63, 3.8) is 0 Å². The van der Waals surface area contributed by atoms with Crippen molar-refractivity contribution in [1.29, 1.82) is 0 Å². The number of nitrogens with two attached hydrogens (primary N) is 1. The Morgan fingerprint density at radius 1 is 1.18 bits per heavy atom. The molecule has 2 aliphatic rings. The van der Waals surface area contributed by atoms with Gasteiger partial charge in [-0.15, -0.1) is 12.4 Å². The Labute approximate surface area is 74.3 Å². The van der Waals surface area contributed by atoms with Gasteiger partial charge in [-0.1, -0.05) is 0 Å². The molecule has 0 amide bonds. The number of halogens is 1. The zero-order chi connectivity index (χ0) is 6.97. The smallest absolute Gasteiger partial charge is 0.00820 e. The Balaban J connectivity index is 0.000000605. The summed E-state index contributed by atoms with van der Waals surface area (Å²) in [4.78, 5) is 0. The number of fused-ring (bicyclic) bond motifs is 1. The van der Waals surface area contributed by atoms with E-state index in [1.165, 1.54) is 32.4 Å². The van der Waals surface area contributed by atoms with Gasteiger partial charge in [0.1, 0.15) is 0 Å². The highest BCUT2D eigenvalue weighted by Crippen LogP contribution is 2.34. The second-order valence-corrected chi connectivity index (χ2v) is 3.66. The maximum atomic E-state index is 5.95. The van der Waals surface area contributed by atoms with Crippen LogP contribution in [-0.2, 0) is 0 Å². The largest absolute Gasteiger partial charge is 0.327 e. The van der Waals surface area contributed by atoms with Gasteiger partial charge in [-0.25, -0.2) is 0 Å². The van der Waals surface area contributed by atoms with Gasteiger partial charge < -0.3 is 11.1 Å².